The van der Waals surface area contributed by atoms with Crippen molar-refractivity contribution in [3.63, 3.8) is 0 Å². The van der Waals surface area contributed by atoms with Gasteiger partial charge in [-0.2, -0.15) is 13.2 Å². The van der Waals surface area contributed by atoms with Gasteiger partial charge in [-0.1, -0.05) is 47.4 Å². The molecule has 0 N–H and O–H groups in total. The van der Waals surface area contributed by atoms with Crippen LogP contribution in [-0.4, -0.2) is 41.8 Å². The van der Waals surface area contributed by atoms with Crippen LogP contribution in [0.2, 0.25) is 10.0 Å². The number of likely N-dealkylation sites (tertiary alicyclic amines) is 1. The third kappa shape index (κ3) is 3.64. The molecule has 1 amide bonds. The molecule has 0 bridgehead atoms. The zero-order chi connectivity index (χ0) is 26.0. The first-order valence-electron chi connectivity index (χ1n) is 11.0. The molecule has 0 radical (unpaired) electrons. The maximum absolute atomic E-state index is 14.3. The average molecular weight is 545 g/mol. The van der Waals surface area contributed by atoms with E-state index in [1.165, 1.54) is 12.1 Å². The second kappa shape index (κ2) is 8.34. The van der Waals surface area contributed by atoms with Gasteiger partial charge < -0.3 is 14.5 Å². The monoisotopic (exact) mass is 544 g/mol. The van der Waals surface area contributed by atoms with Gasteiger partial charge in [0, 0.05) is 29.5 Å². The molecule has 190 valence electrons. The number of esters is 1. The van der Waals surface area contributed by atoms with Crippen molar-refractivity contribution in [2.45, 2.75) is 43.6 Å². The van der Waals surface area contributed by atoms with E-state index in [0.717, 1.165) is 12.1 Å². The molecule has 1 atom stereocenters. The van der Waals surface area contributed by atoms with Gasteiger partial charge in [0.25, 0.3) is 5.60 Å². The van der Waals surface area contributed by atoms with E-state index in [4.69, 9.17) is 32.8 Å². The molecule has 0 aliphatic carbocycles. The molecule has 36 heavy (non-hydrogen) atoms. The van der Waals surface area contributed by atoms with Crippen molar-refractivity contribution < 1.29 is 36.7 Å². The van der Waals surface area contributed by atoms with Crippen molar-refractivity contribution in [1.82, 2.24) is 4.90 Å². The number of hydrogen-bond acceptors (Lipinski definition) is 5. The molecule has 1 saturated heterocycles. The van der Waals surface area contributed by atoms with Gasteiger partial charge in [0.1, 0.15) is 0 Å². The first-order valence-corrected chi connectivity index (χ1v) is 11.8. The van der Waals surface area contributed by atoms with Gasteiger partial charge in [0.05, 0.1) is 34.4 Å². The molecule has 1 spiro atoms. The fourth-order valence-electron chi connectivity index (χ4n) is 4.78. The lowest BCUT2D eigenvalue weighted by Crippen LogP contribution is -2.61. The van der Waals surface area contributed by atoms with Crippen molar-refractivity contribution in [2.75, 3.05) is 13.1 Å². The average Bonchev–Trinajstić information content (AvgIpc) is 3.37. The standard InChI is InChI=1S/C24H18Cl2F4N2O4/c1-2-3-19(33)32-10-22(11-32)15-5-4-12(6-14(15)21(34)35-22)18-9-23(36-31-18,24(28,29)30)13-7-16(25)20(27)17(26)8-13/h4-8H,2-3,9-11H2,1H3. The lowest BCUT2D eigenvalue weighted by molar-refractivity contribution is -0.275. The van der Waals surface area contributed by atoms with Crippen LogP contribution in [0.1, 0.15) is 53.2 Å². The highest BCUT2D eigenvalue weighted by Gasteiger charge is 2.63. The third-order valence-corrected chi connectivity index (χ3v) is 7.25. The minimum absolute atomic E-state index is 0.0359. The van der Waals surface area contributed by atoms with Gasteiger partial charge in [-0.25, -0.2) is 9.18 Å². The van der Waals surface area contributed by atoms with E-state index in [1.54, 1.807) is 11.0 Å². The molecule has 3 aliphatic heterocycles. The van der Waals surface area contributed by atoms with Crippen LogP contribution in [0.25, 0.3) is 0 Å². The molecule has 1 unspecified atom stereocenters. The van der Waals surface area contributed by atoms with E-state index in [9.17, 15) is 27.2 Å². The largest absolute Gasteiger partial charge is 0.447 e. The molecule has 1 fully saturated rings. The van der Waals surface area contributed by atoms with Crippen LogP contribution in [0, 0.1) is 5.82 Å². The first-order chi connectivity index (χ1) is 16.9. The van der Waals surface area contributed by atoms with Crippen molar-refractivity contribution in [1.29, 1.82) is 0 Å². The minimum Gasteiger partial charge on any atom is -0.447 e. The molecule has 2 aromatic rings. The van der Waals surface area contributed by atoms with Crippen LogP contribution < -0.4 is 0 Å². The molecule has 6 nitrogen and oxygen atoms in total. The molecule has 12 heteroatoms. The minimum atomic E-state index is -4.96. The number of oxime groups is 1. The van der Waals surface area contributed by atoms with E-state index in [0.29, 0.717) is 18.4 Å². The molecular formula is C24H18Cl2F4N2O4. The summed E-state index contributed by atoms with van der Waals surface area (Å²) >= 11 is 11.5. The number of fused-ring (bicyclic) bond motifs is 2. The second-order valence-electron chi connectivity index (χ2n) is 9.03. The SMILES string of the molecule is CCCC(=O)N1CC2(C1)OC(=O)c1cc(C3=NOC(c4cc(Cl)c(F)c(Cl)c4)(C(F)(F)F)C3)ccc12. The molecule has 0 saturated carbocycles. The number of carbonyl (C=O) groups is 2. The normalized spacial score (nSPS) is 22.1. The fourth-order valence-corrected chi connectivity index (χ4v) is 5.27. The summed E-state index contributed by atoms with van der Waals surface area (Å²) in [6.07, 6.45) is -4.63. The molecule has 3 aliphatic rings. The van der Waals surface area contributed by atoms with E-state index >= 15 is 0 Å². The number of hydrogen-bond donors (Lipinski definition) is 0. The van der Waals surface area contributed by atoms with Crippen molar-refractivity contribution in [3.05, 3.63) is 68.4 Å². The number of halogens is 6. The van der Waals surface area contributed by atoms with Crippen LogP contribution in [0.3, 0.4) is 0 Å². The summed E-state index contributed by atoms with van der Waals surface area (Å²) in [5.41, 5.74) is -3.50. The summed E-state index contributed by atoms with van der Waals surface area (Å²) in [6, 6.07) is 6.14. The Balaban J connectivity index is 1.44. The topological polar surface area (TPSA) is 68.2 Å². The quantitative estimate of drug-likeness (QED) is 0.280. The number of benzene rings is 2. The zero-order valence-electron chi connectivity index (χ0n) is 18.7. The van der Waals surface area contributed by atoms with Crippen LogP contribution in [0.4, 0.5) is 17.6 Å². The molecular weight excluding hydrogens is 527 g/mol. The highest BCUT2D eigenvalue weighted by Crippen LogP contribution is 2.50. The van der Waals surface area contributed by atoms with Gasteiger partial charge in [0.15, 0.2) is 11.4 Å². The summed E-state index contributed by atoms with van der Waals surface area (Å²) in [6.45, 7) is 2.33. The fraction of sp³-hybridized carbons (Fsp3) is 0.375. The lowest BCUT2D eigenvalue weighted by Gasteiger charge is -2.46. The Morgan fingerprint density at radius 3 is 2.44 bits per heavy atom. The highest BCUT2D eigenvalue weighted by atomic mass is 35.5. The van der Waals surface area contributed by atoms with E-state index in [1.807, 2.05) is 6.92 Å². The maximum Gasteiger partial charge on any atom is 0.435 e. The Bertz CT molecular complexity index is 1300. The number of ether oxygens (including phenoxy) is 1. The van der Waals surface area contributed by atoms with Gasteiger partial charge in [0.2, 0.25) is 5.91 Å². The summed E-state index contributed by atoms with van der Waals surface area (Å²) in [4.78, 5) is 31.3. The smallest absolute Gasteiger partial charge is 0.435 e. The number of rotatable bonds is 4. The van der Waals surface area contributed by atoms with Crippen LogP contribution in [-0.2, 0) is 25.6 Å². The highest BCUT2D eigenvalue weighted by molar-refractivity contribution is 6.35. The number of alkyl halides is 3. The molecule has 0 aromatic heterocycles. The van der Waals surface area contributed by atoms with Gasteiger partial charge in [-0.05, 0) is 24.6 Å². The predicted octanol–water partition coefficient (Wildman–Crippen LogP) is 5.72. The van der Waals surface area contributed by atoms with Gasteiger partial charge in [-0.3, -0.25) is 4.79 Å². The summed E-state index contributed by atoms with van der Waals surface area (Å²) in [7, 11) is 0. The Kier molecular flexibility index (Phi) is 5.75. The third-order valence-electron chi connectivity index (χ3n) is 6.70. The zero-order valence-corrected chi connectivity index (χ0v) is 20.2. The van der Waals surface area contributed by atoms with Crippen molar-refractivity contribution >= 4 is 40.8 Å². The summed E-state index contributed by atoms with van der Waals surface area (Å²) in [5, 5.41) is 2.50. The summed E-state index contributed by atoms with van der Waals surface area (Å²) < 4.78 is 62.2. The number of amides is 1. The van der Waals surface area contributed by atoms with Gasteiger partial charge >= 0.3 is 12.1 Å². The predicted molar refractivity (Wildman–Crippen MR) is 121 cm³/mol. The van der Waals surface area contributed by atoms with Gasteiger partial charge in [-0.15, -0.1) is 0 Å². The molecule has 2 aromatic carbocycles. The van der Waals surface area contributed by atoms with Crippen LogP contribution in [0.15, 0.2) is 35.5 Å². The van der Waals surface area contributed by atoms with Crippen molar-refractivity contribution in [2.24, 2.45) is 5.16 Å². The summed E-state index contributed by atoms with van der Waals surface area (Å²) in [5.74, 6) is -1.71. The Morgan fingerprint density at radius 2 is 1.83 bits per heavy atom. The number of carbonyl (C=O) groups excluding carboxylic acids is 2. The maximum atomic E-state index is 14.3. The number of nitrogens with zero attached hydrogens (tertiary/aromatic N) is 2. The lowest BCUT2D eigenvalue weighted by atomic mass is 9.83. The Hall–Kier alpha value is -2.85. The molecule has 5 rings (SSSR count). The van der Waals surface area contributed by atoms with E-state index < -0.39 is 51.2 Å². The van der Waals surface area contributed by atoms with Crippen LogP contribution >= 0.6 is 23.2 Å². The Morgan fingerprint density at radius 1 is 1.17 bits per heavy atom. The van der Waals surface area contributed by atoms with Crippen LogP contribution in [0.5, 0.6) is 0 Å². The van der Waals surface area contributed by atoms with E-state index in [2.05, 4.69) is 5.16 Å². The van der Waals surface area contributed by atoms with E-state index in [-0.39, 0.29) is 35.8 Å². The van der Waals surface area contributed by atoms with Crippen molar-refractivity contribution in [3.8, 4) is 0 Å². The Labute approximate surface area is 212 Å². The first kappa shape index (κ1) is 24.8. The second-order valence-corrected chi connectivity index (χ2v) is 9.84. The molecule has 3 heterocycles.